The molecular formula is C19H18FN3O3S. The Balaban J connectivity index is 1.66. The molecule has 3 N–H and O–H groups in total. The Bertz CT molecular complexity index is 888. The first-order valence-electron chi connectivity index (χ1n) is 8.25. The van der Waals surface area contributed by atoms with E-state index in [-0.39, 0.29) is 24.0 Å². The number of imide groups is 1. The van der Waals surface area contributed by atoms with Crippen molar-refractivity contribution in [2.75, 3.05) is 5.75 Å². The van der Waals surface area contributed by atoms with Crippen LogP contribution in [0.5, 0.6) is 0 Å². The van der Waals surface area contributed by atoms with Crippen LogP contribution in [0.4, 0.5) is 9.18 Å². The van der Waals surface area contributed by atoms with Crippen molar-refractivity contribution in [1.29, 1.82) is 0 Å². The second kappa shape index (κ2) is 7.79. The number of urea groups is 1. The van der Waals surface area contributed by atoms with Crippen molar-refractivity contribution in [3.8, 4) is 0 Å². The Morgan fingerprint density at radius 3 is 2.52 bits per heavy atom. The van der Waals surface area contributed by atoms with E-state index in [9.17, 15) is 18.8 Å². The molecule has 0 aliphatic carbocycles. The highest BCUT2D eigenvalue weighted by molar-refractivity contribution is 7.99. The van der Waals surface area contributed by atoms with Crippen molar-refractivity contribution in [2.45, 2.75) is 23.9 Å². The standard InChI is InChI=1S/C19H18FN3O3S/c1-19(17(25)22-18(26)23-19)11-27-15-5-3-2-4-14(15)16(24)21-10-12-6-8-13(20)9-7-12/h2-9H,10-11H2,1H3,(H,21,24)(H2,22,23,25,26)/t19-/m1/s1. The van der Waals surface area contributed by atoms with Crippen LogP contribution in [0, 0.1) is 5.82 Å². The first kappa shape index (κ1) is 18.9. The van der Waals surface area contributed by atoms with Gasteiger partial charge in [-0.1, -0.05) is 24.3 Å². The molecule has 2 aromatic carbocycles. The molecular weight excluding hydrogens is 369 g/mol. The van der Waals surface area contributed by atoms with Gasteiger partial charge in [0.1, 0.15) is 11.4 Å². The van der Waals surface area contributed by atoms with Gasteiger partial charge in [-0.25, -0.2) is 9.18 Å². The first-order chi connectivity index (χ1) is 12.9. The number of carbonyl (C=O) groups is 3. The van der Waals surface area contributed by atoms with Gasteiger partial charge in [0.2, 0.25) is 0 Å². The number of thioether (sulfide) groups is 1. The number of hydrogen-bond acceptors (Lipinski definition) is 4. The summed E-state index contributed by atoms with van der Waals surface area (Å²) in [5.74, 6) is -0.707. The summed E-state index contributed by atoms with van der Waals surface area (Å²) in [5, 5.41) is 7.62. The van der Waals surface area contributed by atoms with Crippen LogP contribution in [0.1, 0.15) is 22.8 Å². The van der Waals surface area contributed by atoms with Crippen molar-refractivity contribution in [1.82, 2.24) is 16.0 Å². The normalized spacial score (nSPS) is 18.7. The molecule has 0 aromatic heterocycles. The summed E-state index contributed by atoms with van der Waals surface area (Å²) in [6, 6.07) is 12.4. The van der Waals surface area contributed by atoms with Gasteiger partial charge in [0.25, 0.3) is 11.8 Å². The quantitative estimate of drug-likeness (QED) is 0.525. The summed E-state index contributed by atoms with van der Waals surface area (Å²) in [6.07, 6.45) is 0. The third-order valence-corrected chi connectivity index (χ3v) is 5.52. The molecule has 0 unspecified atom stereocenters. The second-order valence-electron chi connectivity index (χ2n) is 6.33. The summed E-state index contributed by atoms with van der Waals surface area (Å²) in [7, 11) is 0. The third-order valence-electron chi connectivity index (χ3n) is 4.13. The number of rotatable bonds is 6. The lowest BCUT2D eigenvalue weighted by atomic mass is 10.1. The number of benzene rings is 2. The molecule has 140 valence electrons. The van der Waals surface area contributed by atoms with E-state index < -0.39 is 17.5 Å². The summed E-state index contributed by atoms with van der Waals surface area (Å²) in [4.78, 5) is 36.5. The van der Waals surface area contributed by atoms with E-state index in [2.05, 4.69) is 16.0 Å². The second-order valence-corrected chi connectivity index (χ2v) is 7.35. The average molecular weight is 387 g/mol. The predicted octanol–water partition coefficient (Wildman–Crippen LogP) is 2.45. The Morgan fingerprint density at radius 2 is 1.85 bits per heavy atom. The fourth-order valence-corrected chi connectivity index (χ4v) is 3.70. The monoisotopic (exact) mass is 387 g/mol. The minimum Gasteiger partial charge on any atom is -0.348 e. The van der Waals surface area contributed by atoms with Gasteiger partial charge in [-0.3, -0.25) is 14.9 Å². The van der Waals surface area contributed by atoms with Gasteiger partial charge in [-0.05, 0) is 36.8 Å². The lowest BCUT2D eigenvalue weighted by Gasteiger charge is -2.20. The Morgan fingerprint density at radius 1 is 1.15 bits per heavy atom. The molecule has 1 fully saturated rings. The van der Waals surface area contributed by atoms with Crippen LogP contribution in [0.2, 0.25) is 0 Å². The van der Waals surface area contributed by atoms with Gasteiger partial charge in [0.15, 0.2) is 0 Å². The van der Waals surface area contributed by atoms with Crippen LogP contribution < -0.4 is 16.0 Å². The number of nitrogens with one attached hydrogen (secondary N) is 3. The lowest BCUT2D eigenvalue weighted by Crippen LogP contribution is -2.46. The molecule has 0 spiro atoms. The highest BCUT2D eigenvalue weighted by atomic mass is 32.2. The van der Waals surface area contributed by atoms with Crippen molar-refractivity contribution in [3.05, 3.63) is 65.5 Å². The van der Waals surface area contributed by atoms with Gasteiger partial charge in [-0.2, -0.15) is 0 Å². The largest absolute Gasteiger partial charge is 0.348 e. The number of halogens is 1. The summed E-state index contributed by atoms with van der Waals surface area (Å²) in [5.41, 5.74) is 0.227. The van der Waals surface area contributed by atoms with Gasteiger partial charge >= 0.3 is 6.03 Å². The maximum absolute atomic E-state index is 13.0. The molecule has 4 amide bonds. The van der Waals surface area contributed by atoms with E-state index in [1.807, 2.05) is 0 Å². The topological polar surface area (TPSA) is 87.3 Å². The summed E-state index contributed by atoms with van der Waals surface area (Å²) in [6.45, 7) is 1.91. The van der Waals surface area contributed by atoms with Crippen molar-refractivity contribution >= 4 is 29.6 Å². The molecule has 0 saturated carbocycles. The zero-order valence-electron chi connectivity index (χ0n) is 14.5. The molecule has 1 atom stereocenters. The van der Waals surface area contributed by atoms with E-state index in [4.69, 9.17) is 0 Å². The van der Waals surface area contributed by atoms with E-state index in [1.54, 1.807) is 43.3 Å². The molecule has 8 heteroatoms. The number of amides is 4. The lowest BCUT2D eigenvalue weighted by molar-refractivity contribution is -0.122. The Labute approximate surface area is 159 Å². The minimum absolute atomic E-state index is 0.271. The molecule has 3 rings (SSSR count). The zero-order valence-corrected chi connectivity index (χ0v) is 15.4. The maximum atomic E-state index is 13.0. The molecule has 2 aromatic rings. The Hall–Kier alpha value is -2.87. The Kier molecular flexibility index (Phi) is 5.46. The van der Waals surface area contributed by atoms with E-state index >= 15 is 0 Å². The van der Waals surface area contributed by atoms with Gasteiger partial charge < -0.3 is 10.6 Å². The van der Waals surface area contributed by atoms with E-state index in [0.717, 1.165) is 5.56 Å². The molecule has 0 bridgehead atoms. The van der Waals surface area contributed by atoms with Crippen LogP contribution >= 0.6 is 11.8 Å². The molecule has 27 heavy (non-hydrogen) atoms. The van der Waals surface area contributed by atoms with Crippen LogP contribution in [-0.4, -0.2) is 29.1 Å². The molecule has 1 heterocycles. The predicted molar refractivity (Wildman–Crippen MR) is 99.8 cm³/mol. The minimum atomic E-state index is -1.03. The van der Waals surface area contributed by atoms with Gasteiger partial charge in [-0.15, -0.1) is 11.8 Å². The number of carbonyl (C=O) groups excluding carboxylic acids is 3. The van der Waals surface area contributed by atoms with Crippen molar-refractivity contribution in [2.24, 2.45) is 0 Å². The highest BCUT2D eigenvalue weighted by Gasteiger charge is 2.41. The van der Waals surface area contributed by atoms with Crippen molar-refractivity contribution < 1.29 is 18.8 Å². The summed E-state index contributed by atoms with van der Waals surface area (Å²) >= 11 is 1.31. The van der Waals surface area contributed by atoms with Crippen LogP contribution in [-0.2, 0) is 11.3 Å². The molecule has 0 radical (unpaired) electrons. The average Bonchev–Trinajstić information content (AvgIpc) is 2.91. The molecule has 6 nitrogen and oxygen atoms in total. The molecule has 1 aliphatic rings. The number of hydrogen-bond donors (Lipinski definition) is 3. The summed E-state index contributed by atoms with van der Waals surface area (Å²) < 4.78 is 13.0. The highest BCUT2D eigenvalue weighted by Crippen LogP contribution is 2.27. The smallest absolute Gasteiger partial charge is 0.322 e. The van der Waals surface area contributed by atoms with Crippen LogP contribution in [0.3, 0.4) is 0 Å². The van der Waals surface area contributed by atoms with Gasteiger partial charge in [0, 0.05) is 17.2 Å². The first-order valence-corrected chi connectivity index (χ1v) is 9.24. The fraction of sp³-hybridized carbons (Fsp3) is 0.211. The molecule has 1 saturated heterocycles. The maximum Gasteiger partial charge on any atom is 0.322 e. The van der Waals surface area contributed by atoms with E-state index in [0.29, 0.717) is 10.5 Å². The third kappa shape index (κ3) is 4.46. The fourth-order valence-electron chi connectivity index (χ4n) is 2.56. The van der Waals surface area contributed by atoms with Crippen LogP contribution in [0.15, 0.2) is 53.4 Å². The SMILES string of the molecule is C[C@]1(CSc2ccccc2C(=O)NCc2ccc(F)cc2)NC(=O)NC1=O. The van der Waals surface area contributed by atoms with Crippen LogP contribution in [0.25, 0.3) is 0 Å². The molecule has 1 aliphatic heterocycles. The van der Waals surface area contributed by atoms with E-state index in [1.165, 1.54) is 23.9 Å². The van der Waals surface area contributed by atoms with Gasteiger partial charge in [0.05, 0.1) is 5.56 Å². The van der Waals surface area contributed by atoms with Crippen molar-refractivity contribution in [3.63, 3.8) is 0 Å². The zero-order chi connectivity index (χ0) is 19.4.